The van der Waals surface area contributed by atoms with Gasteiger partial charge in [0, 0.05) is 19.2 Å². The van der Waals surface area contributed by atoms with Gasteiger partial charge in [0.1, 0.15) is 23.9 Å². The van der Waals surface area contributed by atoms with Gasteiger partial charge in [-0.05, 0) is 38.0 Å². The van der Waals surface area contributed by atoms with Gasteiger partial charge in [-0.3, -0.25) is 15.6 Å². The normalized spacial score (nSPS) is 17.0. The fourth-order valence-electron chi connectivity index (χ4n) is 3.24. The first kappa shape index (κ1) is 23.1. The standard InChI is InChI=1S/C22H26FN5O4/c1-14-5-4-8-31-18-12-16(23)19(32-10-9-30-2)11-15(18)22(29)27-20-7-3-6-17(26-20)21(25)28(14)13-24/h3,6-7,11-14,24-25H,4-5,8-10H2,1-2H3,(H,26,27,29). The number of carbonyl (C=O) groups excluding carboxylic acids is 1. The largest absolute Gasteiger partial charge is 0.493 e. The molecule has 1 aliphatic heterocycles. The number of rotatable bonds is 5. The number of amidine groups is 1. The number of fused-ring (bicyclic) bond motifs is 3. The molecular formula is C22H26FN5O4. The number of nitrogens with zero attached hydrogens (tertiary/aromatic N) is 2. The SMILES string of the molecule is COCCOc1cc2c(cc1F)OCCCC(C)N(C=N)C(=N)c1cccc(n1)NC2=O. The van der Waals surface area contributed by atoms with Crippen LogP contribution in [0.2, 0.25) is 0 Å². The highest BCUT2D eigenvalue weighted by Gasteiger charge is 2.22. The van der Waals surface area contributed by atoms with E-state index in [4.69, 9.17) is 25.0 Å². The summed E-state index contributed by atoms with van der Waals surface area (Å²) in [7, 11) is 1.51. The van der Waals surface area contributed by atoms with Crippen LogP contribution in [0.3, 0.4) is 0 Å². The fourth-order valence-corrected chi connectivity index (χ4v) is 3.24. The highest BCUT2D eigenvalue weighted by Crippen LogP contribution is 2.29. The van der Waals surface area contributed by atoms with Crippen molar-refractivity contribution in [3.05, 3.63) is 47.4 Å². The first-order chi connectivity index (χ1) is 15.4. The van der Waals surface area contributed by atoms with Crippen LogP contribution in [0.15, 0.2) is 30.3 Å². The molecule has 10 heteroatoms. The molecule has 170 valence electrons. The Hall–Kier alpha value is -3.53. The van der Waals surface area contributed by atoms with Crippen LogP contribution in [0, 0.1) is 16.6 Å². The molecular weight excluding hydrogens is 417 g/mol. The molecule has 2 aromatic rings. The Morgan fingerprint density at radius 1 is 1.38 bits per heavy atom. The van der Waals surface area contributed by atoms with Crippen LogP contribution in [-0.4, -0.2) is 60.9 Å². The lowest BCUT2D eigenvalue weighted by Gasteiger charge is -2.27. The van der Waals surface area contributed by atoms with Crippen molar-refractivity contribution in [2.45, 2.75) is 25.8 Å². The number of anilines is 1. The molecule has 1 aromatic heterocycles. The van der Waals surface area contributed by atoms with Crippen LogP contribution in [0.4, 0.5) is 10.2 Å². The summed E-state index contributed by atoms with van der Waals surface area (Å²) in [6, 6.07) is 7.16. The van der Waals surface area contributed by atoms with Gasteiger partial charge in [-0.25, -0.2) is 9.37 Å². The van der Waals surface area contributed by atoms with E-state index < -0.39 is 11.7 Å². The van der Waals surface area contributed by atoms with E-state index in [1.54, 1.807) is 18.2 Å². The van der Waals surface area contributed by atoms with Crippen molar-refractivity contribution in [3.8, 4) is 11.5 Å². The lowest BCUT2D eigenvalue weighted by atomic mass is 10.1. The summed E-state index contributed by atoms with van der Waals surface area (Å²) < 4.78 is 30.6. The molecule has 2 bridgehead atoms. The molecule has 1 unspecified atom stereocenters. The second-order valence-corrected chi connectivity index (χ2v) is 7.21. The molecule has 0 aliphatic carbocycles. The predicted octanol–water partition coefficient (Wildman–Crippen LogP) is 3.29. The summed E-state index contributed by atoms with van der Waals surface area (Å²) in [5.74, 6) is -0.925. The highest BCUT2D eigenvalue weighted by atomic mass is 19.1. The number of hydrogen-bond acceptors (Lipinski definition) is 7. The van der Waals surface area contributed by atoms with E-state index in [-0.39, 0.29) is 54.6 Å². The molecule has 2 heterocycles. The number of methoxy groups -OCH3 is 1. The molecule has 0 saturated carbocycles. The van der Waals surface area contributed by atoms with E-state index in [1.807, 2.05) is 6.92 Å². The van der Waals surface area contributed by atoms with Crippen molar-refractivity contribution in [2.24, 2.45) is 0 Å². The monoisotopic (exact) mass is 443 g/mol. The molecule has 0 saturated heterocycles. The summed E-state index contributed by atoms with van der Waals surface area (Å²) in [4.78, 5) is 18.8. The van der Waals surface area contributed by atoms with Crippen LogP contribution in [0.5, 0.6) is 11.5 Å². The molecule has 1 aliphatic rings. The Morgan fingerprint density at radius 3 is 2.94 bits per heavy atom. The third kappa shape index (κ3) is 5.38. The third-order valence-electron chi connectivity index (χ3n) is 4.95. The summed E-state index contributed by atoms with van der Waals surface area (Å²) in [5, 5.41) is 18.8. The summed E-state index contributed by atoms with van der Waals surface area (Å²) in [6.07, 6.45) is 2.27. The molecule has 0 radical (unpaired) electrons. The van der Waals surface area contributed by atoms with Crippen molar-refractivity contribution < 1.29 is 23.4 Å². The Balaban J connectivity index is 1.98. The lowest BCUT2D eigenvalue weighted by Crippen LogP contribution is -2.38. The number of pyridine rings is 1. The second kappa shape index (κ2) is 10.7. The highest BCUT2D eigenvalue weighted by molar-refractivity contribution is 6.06. The molecule has 0 spiro atoms. The Morgan fingerprint density at radius 2 is 2.19 bits per heavy atom. The predicted molar refractivity (Wildman–Crippen MR) is 118 cm³/mol. The molecule has 3 rings (SSSR count). The molecule has 1 aromatic carbocycles. The van der Waals surface area contributed by atoms with Crippen LogP contribution in [0.25, 0.3) is 0 Å². The van der Waals surface area contributed by atoms with Gasteiger partial charge in [0.15, 0.2) is 17.4 Å². The number of amides is 1. The second-order valence-electron chi connectivity index (χ2n) is 7.21. The number of ether oxygens (including phenoxy) is 3. The van der Waals surface area contributed by atoms with Crippen molar-refractivity contribution in [1.82, 2.24) is 9.88 Å². The molecule has 9 nitrogen and oxygen atoms in total. The number of nitrogens with one attached hydrogen (secondary N) is 3. The van der Waals surface area contributed by atoms with E-state index in [0.29, 0.717) is 18.5 Å². The molecule has 0 fully saturated rings. The zero-order valence-electron chi connectivity index (χ0n) is 18.0. The first-order valence-electron chi connectivity index (χ1n) is 10.2. The van der Waals surface area contributed by atoms with Crippen LogP contribution in [-0.2, 0) is 4.74 Å². The molecule has 3 N–H and O–H groups in total. The van der Waals surface area contributed by atoms with E-state index in [2.05, 4.69) is 10.3 Å². The number of halogens is 1. The molecule has 32 heavy (non-hydrogen) atoms. The van der Waals surface area contributed by atoms with Crippen molar-refractivity contribution >= 4 is 23.9 Å². The number of aromatic nitrogens is 1. The molecule has 1 atom stereocenters. The van der Waals surface area contributed by atoms with Crippen LogP contribution in [0.1, 0.15) is 35.8 Å². The number of benzene rings is 1. The van der Waals surface area contributed by atoms with E-state index >= 15 is 0 Å². The van der Waals surface area contributed by atoms with Crippen molar-refractivity contribution in [3.63, 3.8) is 0 Å². The van der Waals surface area contributed by atoms with E-state index in [1.165, 1.54) is 18.1 Å². The zero-order valence-corrected chi connectivity index (χ0v) is 18.0. The Kier molecular flexibility index (Phi) is 7.72. The van der Waals surface area contributed by atoms with Gasteiger partial charge in [-0.1, -0.05) is 6.07 Å². The van der Waals surface area contributed by atoms with Gasteiger partial charge in [-0.2, -0.15) is 0 Å². The third-order valence-corrected chi connectivity index (χ3v) is 4.95. The van der Waals surface area contributed by atoms with Gasteiger partial charge in [0.2, 0.25) is 0 Å². The maximum atomic E-state index is 14.5. The lowest BCUT2D eigenvalue weighted by molar-refractivity contribution is 0.102. The minimum atomic E-state index is -0.648. The number of hydrogen-bond donors (Lipinski definition) is 3. The van der Waals surface area contributed by atoms with Crippen molar-refractivity contribution in [1.29, 1.82) is 10.8 Å². The minimum absolute atomic E-state index is 0.0536. The van der Waals surface area contributed by atoms with Gasteiger partial charge in [0.25, 0.3) is 5.91 Å². The smallest absolute Gasteiger partial charge is 0.260 e. The van der Waals surface area contributed by atoms with E-state index in [9.17, 15) is 9.18 Å². The van der Waals surface area contributed by atoms with Crippen molar-refractivity contribution in [2.75, 3.05) is 32.2 Å². The van der Waals surface area contributed by atoms with Gasteiger partial charge in [-0.15, -0.1) is 0 Å². The fraction of sp³-hybridized carbons (Fsp3) is 0.364. The maximum Gasteiger partial charge on any atom is 0.260 e. The maximum absolute atomic E-state index is 14.5. The van der Waals surface area contributed by atoms with Gasteiger partial charge in [0.05, 0.1) is 25.1 Å². The van der Waals surface area contributed by atoms with Gasteiger partial charge < -0.3 is 24.4 Å². The Labute approximate surface area is 185 Å². The summed E-state index contributed by atoms with van der Waals surface area (Å²) in [6.45, 7) is 2.53. The molecule has 1 amide bonds. The average molecular weight is 443 g/mol. The zero-order chi connectivity index (χ0) is 23.1. The quantitative estimate of drug-likeness (QED) is 0.370. The van der Waals surface area contributed by atoms with Crippen LogP contribution < -0.4 is 14.8 Å². The average Bonchev–Trinajstić information content (AvgIpc) is 2.78. The summed E-state index contributed by atoms with van der Waals surface area (Å²) >= 11 is 0. The van der Waals surface area contributed by atoms with E-state index in [0.717, 1.165) is 12.4 Å². The van der Waals surface area contributed by atoms with Gasteiger partial charge >= 0.3 is 0 Å². The summed E-state index contributed by atoms with van der Waals surface area (Å²) in [5.41, 5.74) is 0.418. The minimum Gasteiger partial charge on any atom is -0.493 e. The van der Waals surface area contributed by atoms with Crippen LogP contribution >= 0.6 is 0 Å². The first-order valence-corrected chi connectivity index (χ1v) is 10.2. The number of carbonyl (C=O) groups is 1. The Bertz CT molecular complexity index is 1000. The topological polar surface area (TPSA) is 121 Å².